The number of Topliss-reactive ketones (excluding diaryl/α,β-unsaturated/α-hetero) is 1. The van der Waals surface area contributed by atoms with Crippen LogP contribution in [0.4, 0.5) is 11.5 Å². The van der Waals surface area contributed by atoms with Crippen molar-refractivity contribution in [2.45, 2.75) is 53.0 Å². The number of dihydropyridines is 1. The topological polar surface area (TPSA) is 141 Å². The fraction of sp³-hybridized carbons (Fsp3) is 0.333. The molecule has 2 N–H and O–H groups in total. The number of nitro groups is 1. The van der Waals surface area contributed by atoms with Crippen LogP contribution in [0.3, 0.4) is 0 Å². The first-order valence-corrected chi connectivity index (χ1v) is 13.3. The van der Waals surface area contributed by atoms with Crippen LogP contribution in [0.25, 0.3) is 0 Å². The molecule has 41 heavy (non-hydrogen) atoms. The zero-order chi connectivity index (χ0) is 29.5. The molecule has 3 heterocycles. The van der Waals surface area contributed by atoms with Gasteiger partial charge in [0.05, 0.1) is 18.6 Å². The monoisotopic (exact) mass is 556 g/mol. The molecule has 11 nitrogen and oxygen atoms in total. The van der Waals surface area contributed by atoms with E-state index >= 15 is 0 Å². The lowest BCUT2D eigenvalue weighted by Crippen LogP contribution is -2.39. The Morgan fingerprint density at radius 3 is 2.71 bits per heavy atom. The van der Waals surface area contributed by atoms with E-state index < -0.39 is 10.8 Å². The van der Waals surface area contributed by atoms with E-state index in [1.165, 1.54) is 17.1 Å². The summed E-state index contributed by atoms with van der Waals surface area (Å²) in [5.74, 6) is -0.0404. The molecule has 212 valence electrons. The summed E-state index contributed by atoms with van der Waals surface area (Å²) >= 11 is 0. The second-order valence-electron chi connectivity index (χ2n) is 11.3. The maximum Gasteiger partial charge on any atom is 0.307 e. The predicted octanol–water partition coefficient (Wildman–Crippen LogP) is 4.79. The second kappa shape index (κ2) is 10.6. The van der Waals surface area contributed by atoms with Crippen LogP contribution in [0.5, 0.6) is 5.75 Å². The Labute approximate surface area is 237 Å². The summed E-state index contributed by atoms with van der Waals surface area (Å²) in [6, 6.07) is 9.15. The van der Waals surface area contributed by atoms with E-state index in [0.717, 1.165) is 16.8 Å². The maximum atomic E-state index is 13.9. The van der Waals surface area contributed by atoms with Crippen molar-refractivity contribution in [2.24, 2.45) is 5.41 Å². The van der Waals surface area contributed by atoms with Crippen LogP contribution in [0.15, 0.2) is 71.5 Å². The Morgan fingerprint density at radius 2 is 2.02 bits per heavy atom. The van der Waals surface area contributed by atoms with Crippen LogP contribution in [0.2, 0.25) is 0 Å². The van der Waals surface area contributed by atoms with Crippen molar-refractivity contribution in [3.63, 3.8) is 0 Å². The summed E-state index contributed by atoms with van der Waals surface area (Å²) in [4.78, 5) is 42.5. The van der Waals surface area contributed by atoms with Crippen LogP contribution >= 0.6 is 0 Å². The first-order valence-electron chi connectivity index (χ1n) is 13.3. The average Bonchev–Trinajstić information content (AvgIpc) is 3.36. The minimum Gasteiger partial charge on any atom is -0.496 e. The molecule has 11 heteroatoms. The Bertz CT molecular complexity index is 1630. The van der Waals surface area contributed by atoms with Gasteiger partial charge in [0.1, 0.15) is 24.0 Å². The number of hydrogen-bond acceptors (Lipinski definition) is 8. The van der Waals surface area contributed by atoms with Gasteiger partial charge in [-0.15, -0.1) is 0 Å². The average molecular weight is 557 g/mol. The third-order valence-corrected chi connectivity index (χ3v) is 7.44. The number of aromatic nitrogens is 3. The molecule has 0 spiro atoms. The number of carbonyl (C=O) groups is 2. The number of nitrogens with one attached hydrogen (secondary N) is 2. The number of aryl methyl sites for hydroxylation is 1. The van der Waals surface area contributed by atoms with Crippen molar-refractivity contribution < 1.29 is 19.2 Å². The lowest BCUT2D eigenvalue weighted by Gasteiger charge is -2.39. The number of ether oxygens (including phenoxy) is 1. The summed E-state index contributed by atoms with van der Waals surface area (Å²) in [6.45, 7) is 8.07. The Hall–Kier alpha value is -4.80. The molecule has 0 unspecified atom stereocenters. The van der Waals surface area contributed by atoms with Crippen LogP contribution in [0.1, 0.15) is 56.2 Å². The van der Waals surface area contributed by atoms with Gasteiger partial charge in [-0.2, -0.15) is 5.10 Å². The smallest absolute Gasteiger partial charge is 0.307 e. The van der Waals surface area contributed by atoms with Crippen molar-refractivity contribution in [2.75, 3.05) is 12.4 Å². The molecule has 1 aromatic carbocycles. The minimum absolute atomic E-state index is 0.0136. The molecule has 0 fully saturated rings. The number of benzene rings is 1. The summed E-state index contributed by atoms with van der Waals surface area (Å²) in [7, 11) is 1.54. The Morgan fingerprint density at radius 1 is 1.24 bits per heavy atom. The number of amides is 1. The molecule has 0 saturated heterocycles. The molecule has 0 bridgehead atoms. The van der Waals surface area contributed by atoms with E-state index in [1.54, 1.807) is 25.4 Å². The van der Waals surface area contributed by atoms with E-state index in [4.69, 9.17) is 4.74 Å². The number of hydrogen-bond donors (Lipinski definition) is 2. The molecule has 2 aliphatic rings. The fourth-order valence-electron chi connectivity index (χ4n) is 5.67. The molecule has 1 aliphatic heterocycles. The number of rotatable bonds is 7. The lowest BCUT2D eigenvalue weighted by atomic mass is 9.68. The molecule has 0 saturated carbocycles. The first kappa shape index (κ1) is 27.8. The molecule has 1 amide bonds. The number of methoxy groups -OCH3 is 1. The van der Waals surface area contributed by atoms with E-state index in [9.17, 15) is 19.7 Å². The van der Waals surface area contributed by atoms with Gasteiger partial charge in [-0.25, -0.2) is 4.98 Å². The highest BCUT2D eigenvalue weighted by Crippen LogP contribution is 2.47. The molecule has 3 aromatic rings. The van der Waals surface area contributed by atoms with Gasteiger partial charge in [0, 0.05) is 46.6 Å². The molecule has 1 atom stereocenters. The summed E-state index contributed by atoms with van der Waals surface area (Å²) in [5, 5.41) is 21.6. The van der Waals surface area contributed by atoms with Crippen LogP contribution < -0.4 is 15.4 Å². The highest BCUT2D eigenvalue weighted by molar-refractivity contribution is 6.09. The van der Waals surface area contributed by atoms with Crippen molar-refractivity contribution in [1.29, 1.82) is 0 Å². The van der Waals surface area contributed by atoms with Gasteiger partial charge >= 0.3 is 5.69 Å². The lowest BCUT2D eigenvalue weighted by molar-refractivity contribution is -0.385. The number of ketones is 1. The number of allylic oxidation sites excluding steroid dienone is 3. The quantitative estimate of drug-likeness (QED) is 0.312. The first-order chi connectivity index (χ1) is 19.5. The van der Waals surface area contributed by atoms with Crippen molar-refractivity contribution in [3.05, 3.63) is 98.3 Å². The Balaban J connectivity index is 1.61. The third-order valence-electron chi connectivity index (χ3n) is 7.44. The highest BCUT2D eigenvalue weighted by Gasteiger charge is 2.43. The molecule has 5 rings (SSSR count). The van der Waals surface area contributed by atoms with E-state index in [2.05, 4.69) is 34.6 Å². The van der Waals surface area contributed by atoms with Gasteiger partial charge < -0.3 is 15.4 Å². The maximum absolute atomic E-state index is 13.9. The number of carbonyl (C=O) groups excluding carboxylic acids is 2. The van der Waals surface area contributed by atoms with Gasteiger partial charge in [-0.3, -0.25) is 24.4 Å². The van der Waals surface area contributed by atoms with Gasteiger partial charge in [0.15, 0.2) is 5.78 Å². The van der Waals surface area contributed by atoms with Crippen LogP contribution in [0, 0.1) is 22.5 Å². The predicted molar refractivity (Wildman–Crippen MR) is 152 cm³/mol. The standard InChI is InChI=1S/C30H32N6O5/c1-17-8-9-31-25(10-17)34-29(38)26-18(2)33-22-12-30(3,4)13-23(37)28(22)27(26)19-6-7-24(41-5)20(11-19)15-35-16-21(14-32-35)36(39)40/h6-11,14,16,27,33H,12-13,15H2,1-5H3,(H,31,34,38)/t27-/m0/s1. The van der Waals surface area contributed by atoms with E-state index in [0.29, 0.717) is 46.8 Å². The zero-order valence-corrected chi connectivity index (χ0v) is 23.6. The van der Waals surface area contributed by atoms with Gasteiger partial charge in [-0.05, 0) is 61.1 Å². The van der Waals surface area contributed by atoms with Crippen LogP contribution in [-0.2, 0) is 16.1 Å². The van der Waals surface area contributed by atoms with Crippen molar-refractivity contribution in [3.8, 4) is 5.75 Å². The summed E-state index contributed by atoms with van der Waals surface area (Å²) < 4.78 is 7.05. The Kier molecular flexibility index (Phi) is 7.20. The number of nitrogens with zero attached hydrogens (tertiary/aromatic N) is 4. The molecular formula is C30H32N6O5. The third kappa shape index (κ3) is 5.60. The molecular weight excluding hydrogens is 524 g/mol. The van der Waals surface area contributed by atoms with E-state index in [-0.39, 0.29) is 29.3 Å². The molecule has 1 aliphatic carbocycles. The highest BCUT2D eigenvalue weighted by atomic mass is 16.6. The van der Waals surface area contributed by atoms with E-state index in [1.807, 2.05) is 32.0 Å². The largest absolute Gasteiger partial charge is 0.496 e. The second-order valence-corrected chi connectivity index (χ2v) is 11.3. The molecule has 0 radical (unpaired) electrons. The summed E-state index contributed by atoms with van der Waals surface area (Å²) in [5.41, 5.74) is 4.51. The zero-order valence-electron chi connectivity index (χ0n) is 23.6. The van der Waals surface area contributed by atoms with Crippen molar-refractivity contribution in [1.82, 2.24) is 20.1 Å². The minimum atomic E-state index is -0.642. The van der Waals surface area contributed by atoms with Gasteiger partial charge in [-0.1, -0.05) is 19.9 Å². The van der Waals surface area contributed by atoms with Crippen molar-refractivity contribution >= 4 is 23.2 Å². The number of anilines is 1. The molecule has 2 aromatic heterocycles. The summed E-state index contributed by atoms with van der Waals surface area (Å²) in [6.07, 6.45) is 5.19. The van der Waals surface area contributed by atoms with Gasteiger partial charge in [0.25, 0.3) is 5.91 Å². The fourth-order valence-corrected chi connectivity index (χ4v) is 5.67. The SMILES string of the molecule is COc1ccc([C@H]2C(C(=O)Nc3cc(C)ccn3)=C(C)NC3=C2C(=O)CC(C)(C)C3)cc1Cn1cc([N+](=O)[O-])cn1. The van der Waals surface area contributed by atoms with Gasteiger partial charge in [0.2, 0.25) is 0 Å². The number of pyridine rings is 1. The normalized spacial score (nSPS) is 18.1. The van der Waals surface area contributed by atoms with Crippen LogP contribution in [-0.4, -0.2) is 38.5 Å².